The van der Waals surface area contributed by atoms with Crippen LogP contribution in [0, 0.1) is 4.77 Å². The standard InChI is InChI=1S/C19H19F3N4OS/c1-24(11-14-7-9-15(10-8-14)19(20,21)22)13-26-18(28)25(12-23-26)16-5-3-4-6-17(16)27-2/h3-10,12H,11,13H2,1-2H3. The van der Waals surface area contributed by atoms with Gasteiger partial charge in [-0.25, -0.2) is 4.68 Å². The van der Waals surface area contributed by atoms with Gasteiger partial charge in [0.05, 0.1) is 25.0 Å². The van der Waals surface area contributed by atoms with Gasteiger partial charge in [-0.1, -0.05) is 24.3 Å². The maximum absolute atomic E-state index is 12.7. The number of benzene rings is 2. The van der Waals surface area contributed by atoms with Gasteiger partial charge in [0, 0.05) is 6.54 Å². The Balaban J connectivity index is 1.72. The Morgan fingerprint density at radius 3 is 2.43 bits per heavy atom. The zero-order valence-electron chi connectivity index (χ0n) is 15.3. The fourth-order valence-electron chi connectivity index (χ4n) is 2.82. The number of methoxy groups -OCH3 is 1. The van der Waals surface area contributed by atoms with Gasteiger partial charge in [0.25, 0.3) is 0 Å². The smallest absolute Gasteiger partial charge is 0.416 e. The van der Waals surface area contributed by atoms with E-state index in [4.69, 9.17) is 17.0 Å². The molecule has 0 N–H and O–H groups in total. The predicted molar refractivity (Wildman–Crippen MR) is 102 cm³/mol. The average molecular weight is 408 g/mol. The van der Waals surface area contributed by atoms with Crippen LogP contribution in [0.5, 0.6) is 5.75 Å². The Morgan fingerprint density at radius 1 is 1.11 bits per heavy atom. The number of alkyl halides is 3. The normalized spacial score (nSPS) is 11.8. The summed E-state index contributed by atoms with van der Waals surface area (Å²) in [6.45, 7) is 0.851. The van der Waals surface area contributed by atoms with Gasteiger partial charge < -0.3 is 4.74 Å². The SMILES string of the molecule is COc1ccccc1-n1cnn(CN(C)Cc2ccc(C(F)(F)F)cc2)c1=S. The van der Waals surface area contributed by atoms with Crippen molar-refractivity contribution >= 4 is 12.2 Å². The van der Waals surface area contributed by atoms with Crippen molar-refractivity contribution in [3.05, 3.63) is 70.8 Å². The number of hydrogen-bond donors (Lipinski definition) is 0. The lowest BCUT2D eigenvalue weighted by Gasteiger charge is -2.17. The molecule has 5 nitrogen and oxygen atoms in total. The van der Waals surface area contributed by atoms with E-state index >= 15 is 0 Å². The first-order chi connectivity index (χ1) is 13.3. The van der Waals surface area contributed by atoms with Crippen LogP contribution in [-0.2, 0) is 19.4 Å². The van der Waals surface area contributed by atoms with E-state index in [1.165, 1.54) is 12.1 Å². The van der Waals surface area contributed by atoms with Crippen LogP contribution in [-0.4, -0.2) is 33.4 Å². The van der Waals surface area contributed by atoms with Crippen LogP contribution in [0.2, 0.25) is 0 Å². The number of aromatic nitrogens is 3. The van der Waals surface area contributed by atoms with Crippen LogP contribution >= 0.6 is 12.2 Å². The van der Waals surface area contributed by atoms with Crippen LogP contribution in [0.3, 0.4) is 0 Å². The summed E-state index contributed by atoms with van der Waals surface area (Å²) in [6, 6.07) is 12.6. The molecule has 3 aromatic rings. The molecule has 0 amide bonds. The van der Waals surface area contributed by atoms with Gasteiger partial charge in [0.15, 0.2) is 0 Å². The topological polar surface area (TPSA) is 35.2 Å². The highest BCUT2D eigenvalue weighted by atomic mass is 32.1. The maximum atomic E-state index is 12.7. The summed E-state index contributed by atoms with van der Waals surface area (Å²) in [7, 11) is 3.44. The molecule has 0 aliphatic rings. The maximum Gasteiger partial charge on any atom is 0.416 e. The number of ether oxygens (including phenoxy) is 1. The number of nitrogens with zero attached hydrogens (tertiary/aromatic N) is 4. The molecule has 0 atom stereocenters. The van der Waals surface area contributed by atoms with Crippen molar-refractivity contribution in [2.24, 2.45) is 0 Å². The van der Waals surface area contributed by atoms with E-state index in [0.29, 0.717) is 23.7 Å². The second-order valence-corrected chi connectivity index (χ2v) is 6.67. The van der Waals surface area contributed by atoms with Crippen LogP contribution in [0.1, 0.15) is 11.1 Å². The van der Waals surface area contributed by atoms with Gasteiger partial charge in [-0.05, 0) is 49.1 Å². The zero-order valence-corrected chi connectivity index (χ0v) is 16.2. The number of hydrogen-bond acceptors (Lipinski definition) is 4. The second-order valence-electron chi connectivity index (χ2n) is 6.31. The van der Waals surface area contributed by atoms with E-state index in [9.17, 15) is 13.2 Å². The summed E-state index contributed by atoms with van der Waals surface area (Å²) in [6.07, 6.45) is -2.71. The third-order valence-corrected chi connectivity index (χ3v) is 4.59. The van der Waals surface area contributed by atoms with Crippen molar-refractivity contribution in [2.45, 2.75) is 19.4 Å². The Kier molecular flexibility index (Phi) is 5.85. The van der Waals surface area contributed by atoms with Gasteiger partial charge in [0.1, 0.15) is 12.1 Å². The molecular weight excluding hydrogens is 389 g/mol. The van der Waals surface area contributed by atoms with Gasteiger partial charge in [-0.2, -0.15) is 18.3 Å². The van der Waals surface area contributed by atoms with Crippen LogP contribution in [0.15, 0.2) is 54.9 Å². The zero-order chi connectivity index (χ0) is 20.3. The Bertz CT molecular complexity index is 995. The Labute approximate surface area is 165 Å². The lowest BCUT2D eigenvalue weighted by molar-refractivity contribution is -0.137. The van der Waals surface area contributed by atoms with Crippen molar-refractivity contribution in [2.75, 3.05) is 14.2 Å². The van der Waals surface area contributed by atoms with Crippen LogP contribution in [0.4, 0.5) is 13.2 Å². The molecular formula is C19H19F3N4OS. The molecule has 0 unspecified atom stereocenters. The summed E-state index contributed by atoms with van der Waals surface area (Å²) >= 11 is 5.51. The summed E-state index contributed by atoms with van der Waals surface area (Å²) in [5.74, 6) is 0.677. The third kappa shape index (κ3) is 4.42. The molecule has 3 rings (SSSR count). The third-order valence-electron chi connectivity index (χ3n) is 4.19. The van der Waals surface area contributed by atoms with Crippen molar-refractivity contribution < 1.29 is 17.9 Å². The Morgan fingerprint density at radius 2 is 1.79 bits per heavy atom. The van der Waals surface area contributed by atoms with Crippen molar-refractivity contribution in [3.63, 3.8) is 0 Å². The summed E-state index contributed by atoms with van der Waals surface area (Å²) < 4.78 is 47.2. The van der Waals surface area contributed by atoms with Gasteiger partial charge in [0.2, 0.25) is 4.77 Å². The minimum Gasteiger partial charge on any atom is -0.495 e. The second kappa shape index (κ2) is 8.15. The molecule has 0 aliphatic carbocycles. The first-order valence-corrected chi connectivity index (χ1v) is 8.83. The van der Waals surface area contributed by atoms with Crippen molar-refractivity contribution in [1.82, 2.24) is 19.2 Å². The first kappa shape index (κ1) is 20.1. The molecule has 0 saturated carbocycles. The molecule has 0 spiro atoms. The van der Waals surface area contributed by atoms with Gasteiger partial charge in [-0.3, -0.25) is 9.47 Å². The van der Waals surface area contributed by atoms with Gasteiger partial charge >= 0.3 is 6.18 Å². The molecule has 0 aliphatic heterocycles. The summed E-state index contributed by atoms with van der Waals surface area (Å²) in [5, 5.41) is 4.33. The molecule has 0 radical (unpaired) electrons. The quantitative estimate of drug-likeness (QED) is 0.562. The highest BCUT2D eigenvalue weighted by Crippen LogP contribution is 2.29. The first-order valence-electron chi connectivity index (χ1n) is 8.42. The highest BCUT2D eigenvalue weighted by Gasteiger charge is 2.29. The highest BCUT2D eigenvalue weighted by molar-refractivity contribution is 7.71. The fourth-order valence-corrected chi connectivity index (χ4v) is 3.07. The van der Waals surface area contributed by atoms with E-state index in [-0.39, 0.29) is 0 Å². The van der Waals surface area contributed by atoms with Crippen LogP contribution in [0.25, 0.3) is 5.69 Å². The fraction of sp³-hybridized carbons (Fsp3) is 0.263. The molecule has 1 heterocycles. The monoisotopic (exact) mass is 408 g/mol. The molecule has 0 saturated heterocycles. The van der Waals surface area contributed by atoms with E-state index in [2.05, 4.69) is 5.10 Å². The minimum absolute atomic E-state index is 0.391. The lowest BCUT2D eigenvalue weighted by Crippen LogP contribution is -2.22. The number of rotatable bonds is 6. The average Bonchev–Trinajstić information content (AvgIpc) is 3.01. The molecule has 28 heavy (non-hydrogen) atoms. The molecule has 148 valence electrons. The van der Waals surface area contributed by atoms with E-state index in [1.54, 1.807) is 22.7 Å². The van der Waals surface area contributed by atoms with E-state index < -0.39 is 11.7 Å². The largest absolute Gasteiger partial charge is 0.495 e. The Hall–Kier alpha value is -2.65. The molecule has 9 heteroatoms. The lowest BCUT2D eigenvalue weighted by atomic mass is 10.1. The molecule has 2 aromatic carbocycles. The molecule has 0 bridgehead atoms. The van der Waals surface area contributed by atoms with Gasteiger partial charge in [-0.15, -0.1) is 0 Å². The molecule has 0 fully saturated rings. The predicted octanol–water partition coefficient (Wildman–Crippen LogP) is 4.52. The summed E-state index contributed by atoms with van der Waals surface area (Å²) in [5.41, 5.74) is 0.898. The summed E-state index contributed by atoms with van der Waals surface area (Å²) in [4.78, 5) is 1.91. The van der Waals surface area contributed by atoms with Crippen LogP contribution < -0.4 is 4.74 Å². The molecule has 1 aromatic heterocycles. The number of para-hydroxylation sites is 2. The number of halogens is 3. The van der Waals surface area contributed by atoms with Crippen molar-refractivity contribution in [3.8, 4) is 11.4 Å². The minimum atomic E-state index is -4.33. The van der Waals surface area contributed by atoms with E-state index in [0.717, 1.165) is 23.4 Å². The van der Waals surface area contributed by atoms with E-state index in [1.807, 2.05) is 36.2 Å². The van der Waals surface area contributed by atoms with Crippen molar-refractivity contribution in [1.29, 1.82) is 0 Å².